The lowest BCUT2D eigenvalue weighted by Crippen LogP contribution is -2.13. The predicted octanol–water partition coefficient (Wildman–Crippen LogP) is 6.17. The molecule has 36 heavy (non-hydrogen) atoms. The molecule has 1 fully saturated rings. The van der Waals surface area contributed by atoms with Crippen molar-refractivity contribution in [1.29, 1.82) is 0 Å². The maximum Gasteiger partial charge on any atom is 0.303 e. The van der Waals surface area contributed by atoms with E-state index in [1.165, 1.54) is 44.5 Å². The molecule has 3 aliphatic carbocycles. The maximum absolute atomic E-state index is 11.4. The van der Waals surface area contributed by atoms with Crippen molar-refractivity contribution in [2.75, 3.05) is 25.1 Å². The predicted molar refractivity (Wildman–Crippen MR) is 144 cm³/mol. The Bertz CT molecular complexity index is 1230. The molecule has 0 saturated heterocycles. The summed E-state index contributed by atoms with van der Waals surface area (Å²) in [5, 5.41) is 22.1. The van der Waals surface area contributed by atoms with Crippen molar-refractivity contribution in [2.45, 2.75) is 65.2 Å². The minimum absolute atomic E-state index is 0.0132. The number of nitrogens with one attached hydrogen (secondary N) is 1. The average Bonchev–Trinajstić information content (AvgIpc) is 3.55. The number of benzene rings is 2. The molecule has 1 unspecified atom stereocenters. The monoisotopic (exact) mass is 487 g/mol. The highest BCUT2D eigenvalue weighted by molar-refractivity contribution is 5.78. The van der Waals surface area contributed by atoms with Crippen molar-refractivity contribution in [3.8, 4) is 5.75 Å². The third kappa shape index (κ3) is 4.69. The zero-order valence-corrected chi connectivity index (χ0v) is 21.6. The van der Waals surface area contributed by atoms with Crippen molar-refractivity contribution in [1.82, 2.24) is 0 Å². The molecule has 1 saturated carbocycles. The van der Waals surface area contributed by atoms with Crippen LogP contribution in [0.15, 0.2) is 47.6 Å². The Hall–Kier alpha value is -3.05. The van der Waals surface area contributed by atoms with Gasteiger partial charge in [-0.1, -0.05) is 12.1 Å². The molecular weight excluding hydrogens is 450 g/mol. The number of aliphatic hydroxyl groups is 1. The number of anilines is 1. The largest absolute Gasteiger partial charge is 0.491 e. The summed E-state index contributed by atoms with van der Waals surface area (Å²) in [7, 11) is 0. The molecule has 0 heterocycles. The van der Waals surface area contributed by atoms with Gasteiger partial charge in [-0.25, -0.2) is 0 Å². The summed E-state index contributed by atoms with van der Waals surface area (Å²) < 4.78 is 5.65. The molecular formula is C31H37NO4. The third-order valence-electron chi connectivity index (χ3n) is 8.44. The van der Waals surface area contributed by atoms with Crippen molar-refractivity contribution >= 4 is 17.2 Å². The minimum atomic E-state index is -0.693. The topological polar surface area (TPSA) is 78.8 Å². The number of aliphatic carboxylic acids is 1. The van der Waals surface area contributed by atoms with Crippen LogP contribution in [0.1, 0.15) is 72.8 Å². The molecule has 1 atom stereocenters. The van der Waals surface area contributed by atoms with Gasteiger partial charge in [0.15, 0.2) is 0 Å². The Morgan fingerprint density at radius 2 is 1.89 bits per heavy atom. The second-order valence-corrected chi connectivity index (χ2v) is 10.8. The van der Waals surface area contributed by atoms with Gasteiger partial charge in [0.05, 0.1) is 13.0 Å². The van der Waals surface area contributed by atoms with E-state index in [1.807, 2.05) is 0 Å². The van der Waals surface area contributed by atoms with Crippen LogP contribution in [0.25, 0.3) is 5.57 Å². The molecule has 0 amide bonds. The number of aliphatic hydroxyl groups excluding tert-OH is 1. The van der Waals surface area contributed by atoms with Gasteiger partial charge in [0.2, 0.25) is 0 Å². The van der Waals surface area contributed by atoms with E-state index in [2.05, 4.69) is 62.5 Å². The summed E-state index contributed by atoms with van der Waals surface area (Å²) in [6.45, 7) is 7.60. The maximum atomic E-state index is 11.4. The normalized spacial score (nSPS) is 19.8. The highest BCUT2D eigenvalue weighted by Gasteiger charge is 2.54. The number of fused-ring (bicyclic) bond motifs is 1. The van der Waals surface area contributed by atoms with Crippen LogP contribution in [-0.4, -0.2) is 35.9 Å². The summed E-state index contributed by atoms with van der Waals surface area (Å²) >= 11 is 0. The molecule has 3 aliphatic rings. The standard InChI is InChI=1S/C31H37NO4/c1-19-13-25(36-12-11-33)14-20(2)30(19)26-6-4-5-22(21(26)3)18-32-24-7-8-27-23(15-24)17-31(9-10-31)28(27)16-29(34)35/h5,7-8,13-15,28,32-33H,4,6,9-12,16-18H2,1-3H3,(H,34,35). The number of carboxylic acids is 1. The van der Waals surface area contributed by atoms with Crippen LogP contribution in [-0.2, 0) is 11.2 Å². The lowest BCUT2D eigenvalue weighted by molar-refractivity contribution is -0.137. The lowest BCUT2D eigenvalue weighted by Gasteiger charge is -2.24. The summed E-state index contributed by atoms with van der Waals surface area (Å²) in [5.74, 6) is 0.283. The third-order valence-corrected chi connectivity index (χ3v) is 8.44. The summed E-state index contributed by atoms with van der Waals surface area (Å²) in [4.78, 5) is 11.4. The highest BCUT2D eigenvalue weighted by Crippen LogP contribution is 2.64. The van der Waals surface area contributed by atoms with E-state index in [4.69, 9.17) is 9.84 Å². The van der Waals surface area contributed by atoms with Crippen LogP contribution in [0.2, 0.25) is 0 Å². The van der Waals surface area contributed by atoms with Crippen LogP contribution < -0.4 is 10.1 Å². The van der Waals surface area contributed by atoms with Crippen molar-refractivity contribution < 1.29 is 19.7 Å². The van der Waals surface area contributed by atoms with Gasteiger partial charge in [-0.15, -0.1) is 0 Å². The van der Waals surface area contributed by atoms with Crippen LogP contribution in [0.3, 0.4) is 0 Å². The summed E-state index contributed by atoms with van der Waals surface area (Å²) in [6.07, 6.45) is 7.95. The van der Waals surface area contributed by atoms with Crippen LogP contribution in [0.4, 0.5) is 5.69 Å². The second kappa shape index (κ2) is 9.78. The van der Waals surface area contributed by atoms with Crippen molar-refractivity contribution in [2.24, 2.45) is 5.41 Å². The number of hydrogen-bond donors (Lipinski definition) is 3. The Balaban J connectivity index is 1.32. The van der Waals surface area contributed by atoms with Crippen LogP contribution in [0, 0.1) is 19.3 Å². The lowest BCUT2D eigenvalue weighted by atomic mass is 9.84. The first-order valence-corrected chi connectivity index (χ1v) is 13.1. The van der Waals surface area contributed by atoms with E-state index < -0.39 is 5.97 Å². The number of rotatable bonds is 9. The Labute approximate surface area is 213 Å². The average molecular weight is 488 g/mol. The molecule has 5 rings (SSSR count). The minimum Gasteiger partial charge on any atom is -0.491 e. The molecule has 3 N–H and O–H groups in total. The summed E-state index contributed by atoms with van der Waals surface area (Å²) in [5.41, 5.74) is 11.7. The van der Waals surface area contributed by atoms with Gasteiger partial charge in [0, 0.05) is 18.2 Å². The molecule has 2 aromatic rings. The fourth-order valence-electron chi connectivity index (χ4n) is 6.51. The SMILES string of the molecule is CC1=C(c2c(C)cc(OCCO)cc2C)CCC=C1CNc1ccc2c(c1)CC1(CC1)C2CC(=O)O. The zero-order chi connectivity index (χ0) is 25.4. The molecule has 5 heteroatoms. The molecule has 1 spiro atoms. The fraction of sp³-hybridized carbons (Fsp3) is 0.452. The van der Waals surface area contributed by atoms with Gasteiger partial charge in [0.25, 0.3) is 0 Å². The number of allylic oxidation sites excluding steroid dienone is 2. The van der Waals surface area contributed by atoms with E-state index in [9.17, 15) is 9.90 Å². The smallest absolute Gasteiger partial charge is 0.303 e. The van der Waals surface area contributed by atoms with Gasteiger partial charge in [-0.3, -0.25) is 4.79 Å². The molecule has 0 radical (unpaired) electrons. The first-order valence-electron chi connectivity index (χ1n) is 13.1. The molecule has 190 valence electrons. The van der Waals surface area contributed by atoms with Gasteiger partial charge in [-0.05, 0) is 127 Å². The second-order valence-electron chi connectivity index (χ2n) is 10.8. The summed E-state index contributed by atoms with van der Waals surface area (Å²) in [6, 6.07) is 10.7. The Morgan fingerprint density at radius 1 is 1.14 bits per heavy atom. The van der Waals surface area contributed by atoms with Crippen LogP contribution in [0.5, 0.6) is 5.75 Å². The van der Waals surface area contributed by atoms with E-state index in [0.717, 1.165) is 50.1 Å². The Morgan fingerprint density at radius 3 is 2.56 bits per heavy atom. The van der Waals surface area contributed by atoms with Crippen LogP contribution >= 0.6 is 0 Å². The van der Waals surface area contributed by atoms with Gasteiger partial charge in [-0.2, -0.15) is 0 Å². The Kier molecular flexibility index (Phi) is 6.69. The van der Waals surface area contributed by atoms with E-state index >= 15 is 0 Å². The van der Waals surface area contributed by atoms with E-state index in [-0.39, 0.29) is 24.4 Å². The highest BCUT2D eigenvalue weighted by atomic mass is 16.5. The fourth-order valence-corrected chi connectivity index (χ4v) is 6.51. The first kappa shape index (κ1) is 24.6. The molecule has 2 aromatic carbocycles. The molecule has 5 nitrogen and oxygen atoms in total. The first-order chi connectivity index (χ1) is 17.3. The molecule has 0 aromatic heterocycles. The van der Waals surface area contributed by atoms with Crippen molar-refractivity contribution in [3.05, 3.63) is 75.4 Å². The number of hydrogen-bond acceptors (Lipinski definition) is 4. The van der Waals surface area contributed by atoms with E-state index in [1.54, 1.807) is 0 Å². The van der Waals surface area contributed by atoms with E-state index in [0.29, 0.717) is 6.61 Å². The number of aryl methyl sites for hydroxylation is 2. The van der Waals surface area contributed by atoms with Gasteiger partial charge < -0.3 is 20.3 Å². The number of carbonyl (C=O) groups is 1. The zero-order valence-electron chi connectivity index (χ0n) is 21.6. The number of carboxylic acid groups (broad SMARTS) is 1. The quantitative estimate of drug-likeness (QED) is 0.394. The molecule has 0 aliphatic heterocycles. The molecule has 0 bridgehead atoms. The van der Waals surface area contributed by atoms with Gasteiger partial charge in [0.1, 0.15) is 12.4 Å². The number of ether oxygens (including phenoxy) is 1. The van der Waals surface area contributed by atoms with Gasteiger partial charge >= 0.3 is 5.97 Å². The van der Waals surface area contributed by atoms with Crippen molar-refractivity contribution in [3.63, 3.8) is 0 Å².